The van der Waals surface area contributed by atoms with Crippen molar-refractivity contribution in [2.45, 2.75) is 97.8 Å². The number of nitrogens with zero attached hydrogens (tertiary/aromatic N) is 1. The lowest BCUT2D eigenvalue weighted by Gasteiger charge is -2.37. The van der Waals surface area contributed by atoms with Crippen molar-refractivity contribution in [3.05, 3.63) is 178 Å². The smallest absolute Gasteiger partial charge is 0.273 e. The summed E-state index contributed by atoms with van der Waals surface area (Å²) >= 11 is 1.87. The van der Waals surface area contributed by atoms with E-state index in [1.165, 1.54) is 86.6 Å². The molecule has 0 amide bonds. The Bertz CT molecular complexity index is 4090. The maximum atomic E-state index is 7.51. The molecule has 1 unspecified atom stereocenters. The van der Waals surface area contributed by atoms with E-state index in [2.05, 4.69) is 220 Å². The van der Waals surface area contributed by atoms with Gasteiger partial charge in [-0.1, -0.05) is 129 Å². The summed E-state index contributed by atoms with van der Waals surface area (Å²) in [6.45, 7) is 25.2. The lowest BCUT2D eigenvalue weighted by atomic mass is 9.36. The molecule has 0 fully saturated rings. The van der Waals surface area contributed by atoms with Crippen molar-refractivity contribution in [2.24, 2.45) is 0 Å². The molecule has 3 aromatic heterocycles. The second-order valence-electron chi connectivity index (χ2n) is 23.9. The monoisotopic (exact) mass is 941 g/mol. The Labute approximate surface area is 419 Å². The normalized spacial score (nSPS) is 16.1. The van der Waals surface area contributed by atoms with Gasteiger partial charge in [0.05, 0.1) is 16.7 Å². The van der Waals surface area contributed by atoms with E-state index < -0.39 is 5.41 Å². The third-order valence-electron chi connectivity index (χ3n) is 16.3. The van der Waals surface area contributed by atoms with Crippen LogP contribution < -0.4 is 25.2 Å². The third kappa shape index (κ3) is 5.92. The van der Waals surface area contributed by atoms with Gasteiger partial charge in [0.2, 0.25) is 0 Å². The molecular formula is C65H56BNO3S. The first-order valence-electron chi connectivity index (χ1n) is 25.3. The molecule has 14 rings (SSSR count). The molecule has 71 heavy (non-hydrogen) atoms. The second kappa shape index (κ2) is 14.1. The van der Waals surface area contributed by atoms with Crippen molar-refractivity contribution < 1.29 is 13.9 Å². The van der Waals surface area contributed by atoms with E-state index in [-0.39, 0.29) is 23.0 Å². The summed E-state index contributed by atoms with van der Waals surface area (Å²) in [6.07, 6.45) is 0. The average molecular weight is 942 g/mol. The maximum absolute atomic E-state index is 7.51. The molecule has 4 nitrogen and oxygen atoms in total. The van der Waals surface area contributed by atoms with Crippen molar-refractivity contribution in [1.29, 1.82) is 0 Å². The van der Waals surface area contributed by atoms with E-state index in [1.807, 2.05) is 11.3 Å². The van der Waals surface area contributed by atoms with E-state index in [0.717, 1.165) is 61.7 Å². The van der Waals surface area contributed by atoms with Crippen LogP contribution in [0.4, 0.5) is 0 Å². The number of ether oxygens (including phenoxy) is 2. The van der Waals surface area contributed by atoms with Gasteiger partial charge >= 0.3 is 0 Å². The van der Waals surface area contributed by atoms with Gasteiger partial charge in [0.25, 0.3) is 6.71 Å². The Morgan fingerprint density at radius 1 is 0.535 bits per heavy atom. The van der Waals surface area contributed by atoms with Gasteiger partial charge in [0.1, 0.15) is 34.2 Å². The van der Waals surface area contributed by atoms with Crippen molar-refractivity contribution in [3.63, 3.8) is 0 Å². The number of aromatic nitrogens is 1. The highest BCUT2D eigenvalue weighted by Gasteiger charge is 2.52. The van der Waals surface area contributed by atoms with Crippen LogP contribution >= 0.6 is 11.3 Å². The van der Waals surface area contributed by atoms with Crippen LogP contribution in [-0.4, -0.2) is 11.3 Å². The van der Waals surface area contributed by atoms with Crippen LogP contribution in [0.15, 0.2) is 144 Å². The number of thiophene rings is 1. The summed E-state index contributed by atoms with van der Waals surface area (Å²) in [5.41, 5.74) is 18.1. The van der Waals surface area contributed by atoms with Gasteiger partial charge in [0, 0.05) is 58.9 Å². The van der Waals surface area contributed by atoms with E-state index in [4.69, 9.17) is 13.9 Å². The number of rotatable bonds is 2. The average Bonchev–Trinajstić information content (AvgIpc) is 4.07. The summed E-state index contributed by atoms with van der Waals surface area (Å²) in [5, 5.41) is 5.93. The first-order valence-corrected chi connectivity index (χ1v) is 26.1. The molecule has 6 heteroatoms. The van der Waals surface area contributed by atoms with Crippen molar-refractivity contribution in [2.75, 3.05) is 0 Å². The molecule has 0 saturated carbocycles. The summed E-state index contributed by atoms with van der Waals surface area (Å²) in [7, 11) is 0. The van der Waals surface area contributed by atoms with Crippen LogP contribution in [0.5, 0.6) is 23.0 Å². The molecule has 11 aromatic rings. The van der Waals surface area contributed by atoms with Crippen LogP contribution in [-0.2, 0) is 21.7 Å². The highest BCUT2D eigenvalue weighted by Crippen LogP contribution is 2.57. The minimum atomic E-state index is -0.629. The van der Waals surface area contributed by atoms with Gasteiger partial charge in [-0.3, -0.25) is 0 Å². The Balaban J connectivity index is 1.15. The van der Waals surface area contributed by atoms with Crippen molar-refractivity contribution in [3.8, 4) is 39.8 Å². The first-order chi connectivity index (χ1) is 33.9. The van der Waals surface area contributed by atoms with Crippen LogP contribution in [0.25, 0.3) is 70.6 Å². The predicted molar refractivity (Wildman–Crippen MR) is 299 cm³/mol. The molecule has 3 aliphatic rings. The van der Waals surface area contributed by atoms with E-state index in [9.17, 15) is 0 Å². The molecule has 0 spiro atoms. The predicted octanol–water partition coefficient (Wildman–Crippen LogP) is 16.2. The topological polar surface area (TPSA) is 36.5 Å². The van der Waals surface area contributed by atoms with Gasteiger partial charge < -0.3 is 18.5 Å². The molecule has 1 aliphatic carbocycles. The molecule has 5 heterocycles. The molecule has 1 atom stereocenters. The minimum absolute atomic E-state index is 0.0215. The summed E-state index contributed by atoms with van der Waals surface area (Å²) in [4.78, 5) is 0. The van der Waals surface area contributed by atoms with Crippen LogP contribution in [0.3, 0.4) is 0 Å². The number of hydrogen-bond acceptors (Lipinski definition) is 4. The van der Waals surface area contributed by atoms with Crippen molar-refractivity contribution >= 4 is 87.6 Å². The van der Waals surface area contributed by atoms with Crippen LogP contribution in [0, 0.1) is 6.92 Å². The zero-order valence-corrected chi connectivity index (χ0v) is 43.3. The zero-order chi connectivity index (χ0) is 48.8. The van der Waals surface area contributed by atoms with Gasteiger partial charge in [-0.05, 0) is 147 Å². The number of para-hydroxylation sites is 1. The lowest BCUT2D eigenvalue weighted by Crippen LogP contribution is -2.58. The standard InChI is InChI=1S/C65H56BNO3S/c1-35-28-52-58-53(29-35)70-60-45-32-38(64(8,9)10)23-27-55(45)71-61(60)66(58)59-54(69-52)34-49(67-47-24-20-36(62(2,3)4)30-42(47)43-31-37(63(5,6)7)21-25-48(43)67)56-41-17-12-14-18-46(41)65(11,57(56)59)39-22-26-51-44(33-39)40-16-13-15-19-50(40)68-51/h12-34H,1-11H3. The Morgan fingerprint density at radius 3 is 1.82 bits per heavy atom. The quantitative estimate of drug-likeness (QED) is 0.162. The first kappa shape index (κ1) is 42.8. The van der Waals surface area contributed by atoms with Gasteiger partial charge in [-0.2, -0.15) is 0 Å². The Morgan fingerprint density at radius 2 is 1.13 bits per heavy atom. The van der Waals surface area contributed by atoms with Crippen LogP contribution in [0.1, 0.15) is 108 Å². The molecular weight excluding hydrogens is 886 g/mol. The molecule has 2 aliphatic heterocycles. The fourth-order valence-corrected chi connectivity index (χ4v) is 13.7. The largest absolute Gasteiger partial charge is 0.458 e. The van der Waals surface area contributed by atoms with Gasteiger partial charge in [-0.15, -0.1) is 11.3 Å². The molecule has 0 N–H and O–H groups in total. The molecule has 8 aromatic carbocycles. The highest BCUT2D eigenvalue weighted by molar-refractivity contribution is 7.33. The SMILES string of the molecule is Cc1cc2c3c(c1)Oc1c(sc4ccc(C(C)(C)C)cc14)B3c1c(cc(-n3c4ccc(C(C)(C)C)cc4c4cc(C(C)(C)C)ccc43)c3c1C(C)(c1ccc4oc5ccccc5c4c1)c1ccccc1-3)O2. The van der Waals surface area contributed by atoms with E-state index in [1.54, 1.807) is 0 Å². The third-order valence-corrected chi connectivity index (χ3v) is 17.5. The summed E-state index contributed by atoms with van der Waals surface area (Å²) < 4.78 is 26.2. The minimum Gasteiger partial charge on any atom is -0.458 e. The van der Waals surface area contributed by atoms with Crippen molar-refractivity contribution in [1.82, 2.24) is 4.57 Å². The van der Waals surface area contributed by atoms with Gasteiger partial charge in [0.15, 0.2) is 0 Å². The summed E-state index contributed by atoms with van der Waals surface area (Å²) in [6, 6.07) is 52.7. The van der Waals surface area contributed by atoms with E-state index in [0.29, 0.717) is 0 Å². The maximum Gasteiger partial charge on any atom is 0.273 e. The van der Waals surface area contributed by atoms with Gasteiger partial charge in [-0.25, -0.2) is 0 Å². The molecule has 0 radical (unpaired) electrons. The van der Waals surface area contributed by atoms with E-state index >= 15 is 0 Å². The molecule has 0 bridgehead atoms. The highest BCUT2D eigenvalue weighted by atomic mass is 32.1. The Hall–Kier alpha value is -7.02. The number of hydrogen-bond donors (Lipinski definition) is 0. The fourth-order valence-electron chi connectivity index (χ4n) is 12.5. The lowest BCUT2D eigenvalue weighted by molar-refractivity contribution is 0.466. The fraction of sp³-hybridized carbons (Fsp3) is 0.231. The number of aryl methyl sites for hydroxylation is 1. The van der Waals surface area contributed by atoms with Crippen LogP contribution in [0.2, 0.25) is 0 Å². The zero-order valence-electron chi connectivity index (χ0n) is 42.4. The molecule has 0 saturated heterocycles. The summed E-state index contributed by atoms with van der Waals surface area (Å²) in [5.74, 6) is 3.58. The second-order valence-corrected chi connectivity index (χ2v) is 25.0. The molecule has 348 valence electrons. The number of fused-ring (bicyclic) bond motifs is 16. The number of furan rings is 1. The number of benzene rings is 8. The Kier molecular flexibility index (Phi) is 8.51.